The zero-order chi connectivity index (χ0) is 22.2. The second-order valence-electron chi connectivity index (χ2n) is 7.43. The maximum Gasteiger partial charge on any atom is 0.418 e. The Morgan fingerprint density at radius 3 is 2.74 bits per heavy atom. The molecule has 1 aliphatic rings. The van der Waals surface area contributed by atoms with Crippen molar-refractivity contribution in [1.29, 1.82) is 0 Å². The molecule has 2 aromatic carbocycles. The predicted octanol–water partition coefficient (Wildman–Crippen LogP) is 3.76. The van der Waals surface area contributed by atoms with Crippen LogP contribution in [0.2, 0.25) is 0 Å². The summed E-state index contributed by atoms with van der Waals surface area (Å²) in [7, 11) is 0. The highest BCUT2D eigenvalue weighted by molar-refractivity contribution is 6.06. The van der Waals surface area contributed by atoms with Crippen LogP contribution in [0.5, 0.6) is 0 Å². The van der Waals surface area contributed by atoms with Crippen LogP contribution in [0.25, 0.3) is 10.9 Å². The van der Waals surface area contributed by atoms with Gasteiger partial charge in [-0.2, -0.15) is 13.2 Å². The van der Waals surface area contributed by atoms with Gasteiger partial charge in [0.05, 0.1) is 23.9 Å². The van der Waals surface area contributed by atoms with Crippen molar-refractivity contribution in [3.05, 3.63) is 70.0 Å². The number of halogens is 3. The Bertz CT molecular complexity index is 1190. The van der Waals surface area contributed by atoms with Crippen LogP contribution in [-0.4, -0.2) is 35.2 Å². The number of anilines is 2. The number of nitrogens with one attached hydrogen (secondary N) is 2. The molecule has 1 amide bonds. The second kappa shape index (κ2) is 8.07. The third-order valence-corrected chi connectivity index (χ3v) is 5.51. The Kier molecular flexibility index (Phi) is 5.45. The summed E-state index contributed by atoms with van der Waals surface area (Å²) in [5, 5.41) is 12.0. The number of H-pyrrole nitrogens is 1. The van der Waals surface area contributed by atoms with E-state index in [1.165, 1.54) is 24.4 Å². The molecule has 1 fully saturated rings. The van der Waals surface area contributed by atoms with E-state index in [-0.39, 0.29) is 23.6 Å². The van der Waals surface area contributed by atoms with Gasteiger partial charge in [0.25, 0.3) is 5.91 Å². The Morgan fingerprint density at radius 2 is 2.00 bits per heavy atom. The molecule has 9 heteroatoms. The van der Waals surface area contributed by atoms with E-state index < -0.39 is 28.8 Å². The third kappa shape index (κ3) is 4.00. The largest absolute Gasteiger partial charge is 0.418 e. The maximum absolute atomic E-state index is 13.7. The van der Waals surface area contributed by atoms with Gasteiger partial charge in [0.15, 0.2) is 0 Å². The van der Waals surface area contributed by atoms with Crippen LogP contribution in [0, 0.1) is 0 Å². The smallest absolute Gasteiger partial charge is 0.394 e. The van der Waals surface area contributed by atoms with E-state index in [0.29, 0.717) is 24.2 Å². The van der Waals surface area contributed by atoms with Crippen LogP contribution in [0.4, 0.5) is 24.5 Å². The Morgan fingerprint density at radius 1 is 1.23 bits per heavy atom. The third-order valence-electron chi connectivity index (χ3n) is 5.51. The molecule has 6 nitrogen and oxygen atoms in total. The first-order valence-corrected chi connectivity index (χ1v) is 9.80. The van der Waals surface area contributed by atoms with Gasteiger partial charge in [-0.05, 0) is 43.2 Å². The van der Waals surface area contributed by atoms with Crippen molar-refractivity contribution < 1.29 is 23.1 Å². The monoisotopic (exact) mass is 431 g/mol. The highest BCUT2D eigenvalue weighted by atomic mass is 19.4. The first-order chi connectivity index (χ1) is 14.8. The summed E-state index contributed by atoms with van der Waals surface area (Å²) >= 11 is 0. The number of hydrogen-bond donors (Lipinski definition) is 3. The van der Waals surface area contributed by atoms with Crippen molar-refractivity contribution in [1.82, 2.24) is 4.98 Å². The van der Waals surface area contributed by atoms with Gasteiger partial charge >= 0.3 is 6.18 Å². The zero-order valence-electron chi connectivity index (χ0n) is 16.4. The van der Waals surface area contributed by atoms with Gasteiger partial charge in [-0.1, -0.05) is 12.1 Å². The molecule has 3 aromatic rings. The number of fused-ring (bicyclic) bond motifs is 1. The summed E-state index contributed by atoms with van der Waals surface area (Å²) < 4.78 is 41.2. The van der Waals surface area contributed by atoms with Gasteiger partial charge in [0.2, 0.25) is 5.43 Å². The summed E-state index contributed by atoms with van der Waals surface area (Å²) in [6, 6.07) is 9.94. The Labute approximate surface area is 175 Å². The lowest BCUT2D eigenvalue weighted by Gasteiger charge is -2.26. The average molecular weight is 431 g/mol. The van der Waals surface area contributed by atoms with Crippen molar-refractivity contribution in [2.45, 2.75) is 25.1 Å². The molecular formula is C22H20F3N3O3. The number of carbonyl (C=O) groups is 1. The van der Waals surface area contributed by atoms with Crippen LogP contribution in [0.1, 0.15) is 28.8 Å². The summed E-state index contributed by atoms with van der Waals surface area (Å²) in [6.45, 7) is 0.394. The molecule has 0 spiro atoms. The molecule has 3 N–H and O–H groups in total. The SMILES string of the molecule is O=C(Nc1ccc(N2CCC[C@H]2CO)cc1C(F)(F)F)c1c[nH]c2ccccc2c1=O. The normalized spacial score (nSPS) is 16.6. The van der Waals surface area contributed by atoms with Crippen LogP contribution < -0.4 is 15.6 Å². The molecule has 1 atom stereocenters. The average Bonchev–Trinajstić information content (AvgIpc) is 3.22. The number of benzene rings is 2. The molecule has 162 valence electrons. The number of pyridine rings is 1. The molecule has 0 radical (unpaired) electrons. The molecule has 1 aliphatic heterocycles. The van der Waals surface area contributed by atoms with Crippen LogP contribution in [0.15, 0.2) is 53.5 Å². The summed E-state index contributed by atoms with van der Waals surface area (Å²) in [6.07, 6.45) is -2.06. The fourth-order valence-corrected chi connectivity index (χ4v) is 3.95. The molecule has 0 aliphatic carbocycles. The number of rotatable bonds is 4. The molecule has 0 unspecified atom stereocenters. The minimum atomic E-state index is -4.72. The molecule has 0 bridgehead atoms. The maximum atomic E-state index is 13.7. The lowest BCUT2D eigenvalue weighted by molar-refractivity contribution is -0.136. The van der Waals surface area contributed by atoms with Crippen LogP contribution >= 0.6 is 0 Å². The lowest BCUT2D eigenvalue weighted by Crippen LogP contribution is -2.32. The molecule has 1 aromatic heterocycles. The number of amides is 1. The number of aromatic amines is 1. The topological polar surface area (TPSA) is 85.4 Å². The van der Waals surface area contributed by atoms with Crippen molar-refractivity contribution >= 4 is 28.2 Å². The summed E-state index contributed by atoms with van der Waals surface area (Å²) in [4.78, 5) is 29.8. The fourth-order valence-electron chi connectivity index (χ4n) is 3.95. The predicted molar refractivity (Wildman–Crippen MR) is 111 cm³/mol. The summed E-state index contributed by atoms with van der Waals surface area (Å²) in [5.41, 5.74) is -1.46. The Balaban J connectivity index is 1.69. The highest BCUT2D eigenvalue weighted by Gasteiger charge is 2.36. The second-order valence-corrected chi connectivity index (χ2v) is 7.43. The molecule has 1 saturated heterocycles. The van der Waals surface area contributed by atoms with Crippen molar-refractivity contribution in [3.8, 4) is 0 Å². The quantitative estimate of drug-likeness (QED) is 0.587. The lowest BCUT2D eigenvalue weighted by atomic mass is 10.1. The number of carbonyl (C=O) groups excluding carboxylic acids is 1. The van der Waals surface area contributed by atoms with E-state index in [9.17, 15) is 27.9 Å². The molecule has 2 heterocycles. The van der Waals surface area contributed by atoms with E-state index in [0.717, 1.165) is 12.5 Å². The van der Waals surface area contributed by atoms with Gasteiger partial charge in [-0.25, -0.2) is 0 Å². The molecule has 4 rings (SSSR count). The highest BCUT2D eigenvalue weighted by Crippen LogP contribution is 2.38. The number of aromatic nitrogens is 1. The fraction of sp³-hybridized carbons (Fsp3) is 0.273. The van der Waals surface area contributed by atoms with Crippen molar-refractivity contribution in [2.24, 2.45) is 0 Å². The standard InChI is InChI=1S/C22H20F3N3O3/c23-22(24,25)17-10-13(28-9-3-4-14(28)12-29)7-8-19(17)27-21(31)16-11-26-18-6-2-1-5-15(18)20(16)30/h1-2,5-8,10-11,14,29H,3-4,9,12H2,(H,26,30)(H,27,31)/t14-/m0/s1. The number of aliphatic hydroxyl groups excluding tert-OH is 1. The number of aliphatic hydroxyl groups is 1. The van der Waals surface area contributed by atoms with Crippen LogP contribution in [-0.2, 0) is 6.18 Å². The van der Waals surface area contributed by atoms with Crippen molar-refractivity contribution in [3.63, 3.8) is 0 Å². The van der Waals surface area contributed by atoms with Gasteiger partial charge in [-0.3, -0.25) is 9.59 Å². The minimum Gasteiger partial charge on any atom is -0.394 e. The first kappa shape index (κ1) is 20.9. The number of nitrogens with zero attached hydrogens (tertiary/aromatic N) is 1. The van der Waals surface area contributed by atoms with E-state index in [1.54, 1.807) is 23.1 Å². The van der Waals surface area contributed by atoms with Gasteiger partial charge < -0.3 is 20.3 Å². The summed E-state index contributed by atoms with van der Waals surface area (Å²) in [5.74, 6) is -0.931. The Hall–Kier alpha value is -3.33. The molecular weight excluding hydrogens is 411 g/mol. The van der Waals surface area contributed by atoms with E-state index in [2.05, 4.69) is 10.3 Å². The number of hydrogen-bond acceptors (Lipinski definition) is 4. The van der Waals surface area contributed by atoms with Crippen molar-refractivity contribution in [2.75, 3.05) is 23.4 Å². The first-order valence-electron chi connectivity index (χ1n) is 9.80. The zero-order valence-corrected chi connectivity index (χ0v) is 16.4. The van der Waals surface area contributed by atoms with Gasteiger partial charge in [-0.15, -0.1) is 0 Å². The van der Waals surface area contributed by atoms with Crippen LogP contribution in [0.3, 0.4) is 0 Å². The molecule has 0 saturated carbocycles. The van der Waals surface area contributed by atoms with E-state index in [1.807, 2.05) is 0 Å². The molecule has 31 heavy (non-hydrogen) atoms. The van der Waals surface area contributed by atoms with E-state index in [4.69, 9.17) is 0 Å². The number of alkyl halides is 3. The van der Waals surface area contributed by atoms with E-state index >= 15 is 0 Å². The number of para-hydroxylation sites is 1. The minimum absolute atomic E-state index is 0.148. The van der Waals surface area contributed by atoms with Gasteiger partial charge in [0.1, 0.15) is 5.56 Å². The van der Waals surface area contributed by atoms with Gasteiger partial charge in [0, 0.05) is 29.3 Å².